The summed E-state index contributed by atoms with van der Waals surface area (Å²) in [5.41, 5.74) is 4.49. The minimum absolute atomic E-state index is 0.159. The van der Waals surface area contributed by atoms with Gasteiger partial charge < -0.3 is 5.32 Å². The van der Waals surface area contributed by atoms with Crippen molar-refractivity contribution in [1.82, 2.24) is 34.5 Å². The van der Waals surface area contributed by atoms with Gasteiger partial charge in [-0.15, -0.1) is 0 Å². The molecule has 0 spiro atoms. The predicted octanol–water partition coefficient (Wildman–Crippen LogP) is 3.21. The molecule has 0 aromatic carbocycles. The van der Waals surface area contributed by atoms with Crippen LogP contribution in [-0.2, 0) is 12.8 Å². The van der Waals surface area contributed by atoms with Crippen LogP contribution >= 0.6 is 0 Å². The second-order valence-corrected chi connectivity index (χ2v) is 7.83. The Morgan fingerprint density at radius 1 is 1.13 bits per heavy atom. The lowest BCUT2D eigenvalue weighted by Crippen LogP contribution is -2.29. The van der Waals surface area contributed by atoms with Crippen LogP contribution in [-0.4, -0.2) is 40.6 Å². The average molecular weight is 404 g/mol. The standard InChI is InChI=1S/C21H21FN8/c1-12(2)17-10-26-30-20(17)28-19(14-5-15(22)9-23-8-14)29-21(30)27-16-3-4-18-13(6-16)7-24-11-25-18/h5,7-12,16H,3-4,6H2,1-2H3,(H,27,28,29). The lowest BCUT2D eigenvalue weighted by atomic mass is 9.93. The molecule has 0 bridgehead atoms. The highest BCUT2D eigenvalue weighted by molar-refractivity contribution is 5.62. The van der Waals surface area contributed by atoms with Crippen molar-refractivity contribution in [2.45, 2.75) is 45.1 Å². The molecule has 4 aromatic heterocycles. The molecule has 1 aliphatic carbocycles. The summed E-state index contributed by atoms with van der Waals surface area (Å²) < 4.78 is 15.5. The molecular weight excluding hydrogens is 383 g/mol. The van der Waals surface area contributed by atoms with Gasteiger partial charge in [-0.05, 0) is 36.8 Å². The Morgan fingerprint density at radius 2 is 2.03 bits per heavy atom. The van der Waals surface area contributed by atoms with Crippen molar-refractivity contribution in [2.75, 3.05) is 5.32 Å². The third-order valence-electron chi connectivity index (χ3n) is 5.39. The summed E-state index contributed by atoms with van der Waals surface area (Å²) in [7, 11) is 0. The zero-order valence-corrected chi connectivity index (χ0v) is 16.7. The molecule has 4 aromatic rings. The summed E-state index contributed by atoms with van der Waals surface area (Å²) in [6.07, 6.45) is 10.6. The maximum Gasteiger partial charge on any atom is 0.228 e. The van der Waals surface area contributed by atoms with E-state index in [1.165, 1.54) is 12.3 Å². The minimum atomic E-state index is -0.424. The zero-order chi connectivity index (χ0) is 20.7. The predicted molar refractivity (Wildman–Crippen MR) is 110 cm³/mol. The molecule has 1 N–H and O–H groups in total. The number of halogens is 1. The second-order valence-electron chi connectivity index (χ2n) is 7.83. The number of hydrogen-bond donors (Lipinski definition) is 1. The van der Waals surface area contributed by atoms with Crippen molar-refractivity contribution in [3.63, 3.8) is 0 Å². The van der Waals surface area contributed by atoms with E-state index in [1.54, 1.807) is 17.0 Å². The first-order valence-corrected chi connectivity index (χ1v) is 9.99. The van der Waals surface area contributed by atoms with Crippen LogP contribution in [0.15, 0.2) is 37.2 Å². The molecule has 1 aliphatic rings. The van der Waals surface area contributed by atoms with Crippen LogP contribution in [0.1, 0.15) is 43.0 Å². The van der Waals surface area contributed by atoms with Crippen molar-refractivity contribution in [3.05, 3.63) is 59.8 Å². The topological polar surface area (TPSA) is 93.8 Å². The summed E-state index contributed by atoms with van der Waals surface area (Å²) in [6, 6.07) is 1.55. The Morgan fingerprint density at radius 3 is 2.87 bits per heavy atom. The van der Waals surface area contributed by atoms with E-state index in [9.17, 15) is 4.39 Å². The van der Waals surface area contributed by atoms with Gasteiger partial charge in [-0.25, -0.2) is 19.3 Å². The Bertz CT molecular complexity index is 1220. The molecule has 0 aliphatic heterocycles. The maximum absolute atomic E-state index is 13.8. The molecule has 152 valence electrons. The SMILES string of the molecule is CC(C)c1cnn2c(NC3CCc4ncncc4C3)nc(-c3cncc(F)c3)nc12. The highest BCUT2D eigenvalue weighted by Gasteiger charge is 2.23. The molecule has 0 saturated heterocycles. The van der Waals surface area contributed by atoms with Crippen LogP contribution in [0.5, 0.6) is 0 Å². The van der Waals surface area contributed by atoms with E-state index in [4.69, 9.17) is 0 Å². The number of anilines is 1. The van der Waals surface area contributed by atoms with E-state index in [-0.39, 0.29) is 12.0 Å². The number of pyridine rings is 1. The Labute approximate surface area is 172 Å². The normalized spacial score (nSPS) is 16.1. The summed E-state index contributed by atoms with van der Waals surface area (Å²) in [6.45, 7) is 4.18. The van der Waals surface area contributed by atoms with Crippen molar-refractivity contribution < 1.29 is 4.39 Å². The molecule has 0 radical (unpaired) electrons. The second kappa shape index (κ2) is 7.40. The molecule has 30 heavy (non-hydrogen) atoms. The number of fused-ring (bicyclic) bond motifs is 2. The lowest BCUT2D eigenvalue weighted by Gasteiger charge is -2.25. The van der Waals surface area contributed by atoms with E-state index >= 15 is 0 Å². The van der Waals surface area contributed by atoms with Gasteiger partial charge in [-0.3, -0.25) is 4.98 Å². The van der Waals surface area contributed by atoms with Gasteiger partial charge in [-0.2, -0.15) is 14.6 Å². The first-order valence-electron chi connectivity index (χ1n) is 9.99. The summed E-state index contributed by atoms with van der Waals surface area (Å²) in [4.78, 5) is 21.8. The van der Waals surface area contributed by atoms with Crippen LogP contribution < -0.4 is 5.32 Å². The maximum atomic E-state index is 13.8. The highest BCUT2D eigenvalue weighted by atomic mass is 19.1. The van der Waals surface area contributed by atoms with Gasteiger partial charge in [0.15, 0.2) is 11.5 Å². The van der Waals surface area contributed by atoms with Gasteiger partial charge in [0, 0.05) is 35.3 Å². The fourth-order valence-electron chi connectivity index (χ4n) is 3.82. The molecule has 4 heterocycles. The van der Waals surface area contributed by atoms with Gasteiger partial charge in [0.25, 0.3) is 0 Å². The van der Waals surface area contributed by atoms with Crippen LogP contribution in [0, 0.1) is 5.82 Å². The third-order valence-corrected chi connectivity index (χ3v) is 5.39. The summed E-state index contributed by atoms with van der Waals surface area (Å²) >= 11 is 0. The molecular formula is C21H21FN8. The van der Waals surface area contributed by atoms with E-state index in [0.29, 0.717) is 23.0 Å². The van der Waals surface area contributed by atoms with E-state index < -0.39 is 5.82 Å². The van der Waals surface area contributed by atoms with Gasteiger partial charge >= 0.3 is 0 Å². The zero-order valence-electron chi connectivity index (χ0n) is 16.7. The highest BCUT2D eigenvalue weighted by Crippen LogP contribution is 2.26. The van der Waals surface area contributed by atoms with E-state index in [2.05, 4.69) is 49.2 Å². The average Bonchev–Trinajstić information content (AvgIpc) is 3.18. The van der Waals surface area contributed by atoms with E-state index in [0.717, 1.165) is 36.1 Å². The fourth-order valence-corrected chi connectivity index (χ4v) is 3.82. The number of hydrogen-bond acceptors (Lipinski definition) is 7. The van der Waals surface area contributed by atoms with Gasteiger partial charge in [0.05, 0.1) is 12.4 Å². The molecule has 0 amide bonds. The van der Waals surface area contributed by atoms with Crippen molar-refractivity contribution in [2.24, 2.45) is 0 Å². The molecule has 9 heteroatoms. The largest absolute Gasteiger partial charge is 0.351 e. The summed E-state index contributed by atoms with van der Waals surface area (Å²) in [5, 5.41) is 8.04. The number of nitrogens with zero attached hydrogens (tertiary/aromatic N) is 7. The molecule has 1 unspecified atom stereocenters. The van der Waals surface area contributed by atoms with E-state index in [1.807, 2.05) is 12.4 Å². The number of nitrogens with one attached hydrogen (secondary N) is 1. The molecule has 0 saturated carbocycles. The monoisotopic (exact) mass is 404 g/mol. The van der Waals surface area contributed by atoms with Gasteiger partial charge in [0.2, 0.25) is 5.95 Å². The molecule has 0 fully saturated rings. The Kier molecular flexibility index (Phi) is 4.57. The minimum Gasteiger partial charge on any atom is -0.351 e. The third kappa shape index (κ3) is 3.36. The van der Waals surface area contributed by atoms with Crippen LogP contribution in [0.25, 0.3) is 17.0 Å². The first-order chi connectivity index (χ1) is 14.6. The van der Waals surface area contributed by atoms with Crippen molar-refractivity contribution in [3.8, 4) is 11.4 Å². The van der Waals surface area contributed by atoms with Crippen molar-refractivity contribution in [1.29, 1.82) is 0 Å². The Balaban J connectivity index is 1.57. The van der Waals surface area contributed by atoms with Crippen LogP contribution in [0.3, 0.4) is 0 Å². The smallest absolute Gasteiger partial charge is 0.228 e. The molecule has 1 atom stereocenters. The van der Waals surface area contributed by atoms with Gasteiger partial charge in [0.1, 0.15) is 12.1 Å². The van der Waals surface area contributed by atoms with Crippen molar-refractivity contribution >= 4 is 11.6 Å². The number of aromatic nitrogens is 7. The van der Waals surface area contributed by atoms with Crippen LogP contribution in [0.2, 0.25) is 0 Å². The number of aryl methyl sites for hydroxylation is 1. The summed E-state index contributed by atoms with van der Waals surface area (Å²) in [5.74, 6) is 0.810. The Hall–Kier alpha value is -3.49. The molecule has 5 rings (SSSR count). The quantitative estimate of drug-likeness (QED) is 0.558. The van der Waals surface area contributed by atoms with Crippen LogP contribution in [0.4, 0.5) is 10.3 Å². The molecule has 8 nitrogen and oxygen atoms in total. The first kappa shape index (κ1) is 18.5. The van der Waals surface area contributed by atoms with Gasteiger partial charge in [-0.1, -0.05) is 13.8 Å². The number of rotatable bonds is 4. The fraction of sp³-hybridized carbons (Fsp3) is 0.333. The lowest BCUT2D eigenvalue weighted by molar-refractivity contribution is 0.588.